The summed E-state index contributed by atoms with van der Waals surface area (Å²) in [6.45, 7) is 0. The van der Waals surface area contributed by atoms with Crippen LogP contribution in [0.15, 0.2) is 47.6 Å². The molecular formula is C15H17ClN2OS. The smallest absolute Gasteiger partial charge is 0.119 e. The fraction of sp³-hybridized carbons (Fsp3) is 0.267. The van der Waals surface area contributed by atoms with E-state index in [0.717, 1.165) is 16.5 Å². The highest BCUT2D eigenvalue weighted by Gasteiger charge is 2.12. The number of rotatable bonds is 6. The molecule has 3 nitrogen and oxygen atoms in total. The van der Waals surface area contributed by atoms with E-state index in [1.54, 1.807) is 25.1 Å². The molecule has 0 amide bonds. The van der Waals surface area contributed by atoms with Crippen LogP contribution in [0.3, 0.4) is 0 Å². The quantitative estimate of drug-likeness (QED) is 0.823. The van der Waals surface area contributed by atoms with Gasteiger partial charge in [0.05, 0.1) is 12.1 Å². The number of benzene rings is 1. The number of nitrogens with one attached hydrogen (secondary N) is 1. The van der Waals surface area contributed by atoms with Gasteiger partial charge in [0.25, 0.3) is 0 Å². The van der Waals surface area contributed by atoms with Crippen LogP contribution in [0.2, 0.25) is 5.02 Å². The number of ether oxygens (including phenoxy) is 1. The lowest BCUT2D eigenvalue weighted by molar-refractivity contribution is 0.413. The minimum Gasteiger partial charge on any atom is -0.497 e. The van der Waals surface area contributed by atoms with Gasteiger partial charge in [-0.3, -0.25) is 0 Å². The molecule has 106 valence electrons. The Morgan fingerprint density at radius 1 is 1.35 bits per heavy atom. The zero-order chi connectivity index (χ0) is 14.4. The third kappa shape index (κ3) is 3.88. The molecule has 0 aliphatic carbocycles. The average Bonchev–Trinajstić information content (AvgIpc) is 2.50. The second-order valence-electron chi connectivity index (χ2n) is 4.22. The van der Waals surface area contributed by atoms with E-state index in [2.05, 4.69) is 16.4 Å². The predicted molar refractivity (Wildman–Crippen MR) is 84.8 cm³/mol. The minimum atomic E-state index is 0.216. The van der Waals surface area contributed by atoms with Crippen molar-refractivity contribution < 1.29 is 4.74 Å². The van der Waals surface area contributed by atoms with Crippen molar-refractivity contribution in [1.82, 2.24) is 10.3 Å². The van der Waals surface area contributed by atoms with Crippen molar-refractivity contribution in [2.75, 3.05) is 19.9 Å². The molecule has 0 fully saturated rings. The first-order valence-corrected chi connectivity index (χ1v) is 7.65. The molecule has 0 aliphatic heterocycles. The van der Waals surface area contributed by atoms with Gasteiger partial charge in [-0.1, -0.05) is 23.7 Å². The Morgan fingerprint density at radius 3 is 2.90 bits per heavy atom. The summed E-state index contributed by atoms with van der Waals surface area (Å²) in [7, 11) is 3.63. The van der Waals surface area contributed by atoms with Crippen LogP contribution in [0.25, 0.3) is 0 Å². The van der Waals surface area contributed by atoms with E-state index >= 15 is 0 Å². The van der Waals surface area contributed by atoms with Gasteiger partial charge in [-0.2, -0.15) is 0 Å². The standard InChI is InChI=1S/C15H17ClN2OS/c1-17-14(11-5-3-6-12(9-11)19-2)10-20-15-13(16)7-4-8-18-15/h3-9,14,17H,10H2,1-2H3. The predicted octanol–water partition coefficient (Wildman–Crippen LogP) is 3.80. The highest BCUT2D eigenvalue weighted by Crippen LogP contribution is 2.29. The summed E-state index contributed by atoms with van der Waals surface area (Å²) in [5, 5.41) is 4.86. The van der Waals surface area contributed by atoms with Crippen molar-refractivity contribution in [2.45, 2.75) is 11.1 Å². The van der Waals surface area contributed by atoms with Crippen molar-refractivity contribution in [3.05, 3.63) is 53.2 Å². The molecule has 1 unspecified atom stereocenters. The van der Waals surface area contributed by atoms with Crippen LogP contribution in [-0.2, 0) is 0 Å². The second kappa shape index (κ2) is 7.53. The largest absolute Gasteiger partial charge is 0.497 e. The van der Waals surface area contributed by atoms with E-state index in [1.165, 1.54) is 5.56 Å². The average molecular weight is 309 g/mol. The van der Waals surface area contributed by atoms with Gasteiger partial charge < -0.3 is 10.1 Å². The number of hydrogen-bond acceptors (Lipinski definition) is 4. The first-order chi connectivity index (χ1) is 9.74. The van der Waals surface area contributed by atoms with E-state index in [0.29, 0.717) is 5.02 Å². The Kier molecular flexibility index (Phi) is 5.71. The molecule has 1 heterocycles. The minimum absolute atomic E-state index is 0.216. The molecule has 0 saturated heterocycles. The van der Waals surface area contributed by atoms with Gasteiger partial charge in [-0.15, -0.1) is 11.8 Å². The van der Waals surface area contributed by atoms with Crippen LogP contribution in [0.1, 0.15) is 11.6 Å². The zero-order valence-corrected chi connectivity index (χ0v) is 13.0. The second-order valence-corrected chi connectivity index (χ2v) is 5.64. The maximum Gasteiger partial charge on any atom is 0.119 e. The molecule has 0 spiro atoms. The van der Waals surface area contributed by atoms with Gasteiger partial charge >= 0.3 is 0 Å². The zero-order valence-electron chi connectivity index (χ0n) is 11.5. The van der Waals surface area contributed by atoms with E-state index in [9.17, 15) is 0 Å². The van der Waals surface area contributed by atoms with Crippen LogP contribution in [0, 0.1) is 0 Å². The molecule has 1 N–H and O–H groups in total. The van der Waals surface area contributed by atoms with Crippen LogP contribution in [0.5, 0.6) is 5.75 Å². The molecule has 0 bridgehead atoms. The first-order valence-electron chi connectivity index (χ1n) is 6.29. The summed E-state index contributed by atoms with van der Waals surface area (Å²) in [5.41, 5.74) is 1.19. The van der Waals surface area contributed by atoms with Crippen LogP contribution in [0.4, 0.5) is 0 Å². The first kappa shape index (κ1) is 15.2. The van der Waals surface area contributed by atoms with E-state index in [-0.39, 0.29) is 6.04 Å². The molecule has 0 saturated carbocycles. The van der Waals surface area contributed by atoms with Gasteiger partial charge in [-0.25, -0.2) is 4.98 Å². The number of methoxy groups -OCH3 is 1. The Labute approximate surface area is 128 Å². The summed E-state index contributed by atoms with van der Waals surface area (Å²) in [4.78, 5) is 4.29. The molecule has 2 rings (SSSR count). The van der Waals surface area contributed by atoms with Crippen molar-refractivity contribution in [1.29, 1.82) is 0 Å². The van der Waals surface area contributed by atoms with E-state index in [1.807, 2.05) is 37.4 Å². The number of nitrogens with zero attached hydrogens (tertiary/aromatic N) is 1. The van der Waals surface area contributed by atoms with Gasteiger partial charge in [0.2, 0.25) is 0 Å². The third-order valence-corrected chi connectivity index (χ3v) is 4.47. The Morgan fingerprint density at radius 2 is 2.20 bits per heavy atom. The van der Waals surface area contributed by atoms with Crippen molar-refractivity contribution >= 4 is 23.4 Å². The molecular weight excluding hydrogens is 292 g/mol. The Bertz CT molecular complexity index is 565. The summed E-state index contributed by atoms with van der Waals surface area (Å²) in [6.07, 6.45) is 1.76. The monoisotopic (exact) mass is 308 g/mol. The number of aromatic nitrogens is 1. The van der Waals surface area contributed by atoms with Gasteiger partial charge in [0, 0.05) is 18.0 Å². The summed E-state index contributed by atoms with van der Waals surface area (Å²) in [5.74, 6) is 1.71. The topological polar surface area (TPSA) is 34.2 Å². The number of halogens is 1. The van der Waals surface area contributed by atoms with Crippen LogP contribution < -0.4 is 10.1 Å². The lowest BCUT2D eigenvalue weighted by atomic mass is 10.1. The molecule has 1 aromatic carbocycles. The summed E-state index contributed by atoms with van der Waals surface area (Å²) >= 11 is 7.76. The number of pyridine rings is 1. The maximum atomic E-state index is 6.12. The molecule has 5 heteroatoms. The van der Waals surface area contributed by atoms with Crippen LogP contribution in [-0.4, -0.2) is 24.9 Å². The SMILES string of the molecule is CNC(CSc1ncccc1Cl)c1cccc(OC)c1. The van der Waals surface area contributed by atoms with Gasteiger partial charge in [0.15, 0.2) is 0 Å². The van der Waals surface area contributed by atoms with Crippen molar-refractivity contribution in [2.24, 2.45) is 0 Å². The molecule has 1 aromatic heterocycles. The van der Waals surface area contributed by atoms with Crippen molar-refractivity contribution in [3.63, 3.8) is 0 Å². The fourth-order valence-electron chi connectivity index (χ4n) is 1.84. The normalized spacial score (nSPS) is 12.2. The Hall–Kier alpha value is -1.23. The van der Waals surface area contributed by atoms with Gasteiger partial charge in [0.1, 0.15) is 10.8 Å². The third-order valence-electron chi connectivity index (χ3n) is 2.96. The maximum absolute atomic E-state index is 6.12. The van der Waals surface area contributed by atoms with Crippen molar-refractivity contribution in [3.8, 4) is 5.75 Å². The van der Waals surface area contributed by atoms with E-state index in [4.69, 9.17) is 16.3 Å². The number of hydrogen-bond donors (Lipinski definition) is 1. The fourth-order valence-corrected chi connectivity index (χ4v) is 3.15. The summed E-state index contributed by atoms with van der Waals surface area (Å²) < 4.78 is 5.26. The molecule has 20 heavy (non-hydrogen) atoms. The van der Waals surface area contributed by atoms with Gasteiger partial charge in [-0.05, 0) is 36.9 Å². The van der Waals surface area contributed by atoms with E-state index < -0.39 is 0 Å². The van der Waals surface area contributed by atoms with Crippen LogP contribution >= 0.6 is 23.4 Å². The highest BCUT2D eigenvalue weighted by molar-refractivity contribution is 7.99. The molecule has 1 atom stereocenters. The number of thioether (sulfide) groups is 1. The molecule has 0 radical (unpaired) electrons. The highest BCUT2D eigenvalue weighted by atomic mass is 35.5. The molecule has 0 aliphatic rings. The molecule has 2 aromatic rings. The summed E-state index contributed by atoms with van der Waals surface area (Å²) in [6, 6.07) is 12.0. The Balaban J connectivity index is 2.07. The lowest BCUT2D eigenvalue weighted by Gasteiger charge is -2.17. The lowest BCUT2D eigenvalue weighted by Crippen LogP contribution is -2.18.